The predicted octanol–water partition coefficient (Wildman–Crippen LogP) is 4.23. The van der Waals surface area contributed by atoms with E-state index in [4.69, 9.17) is 14.2 Å². The van der Waals surface area contributed by atoms with Gasteiger partial charge in [0.1, 0.15) is 6.10 Å². The molecule has 2 aromatic carbocycles. The highest BCUT2D eigenvalue weighted by atomic mass is 19.4. The molecule has 0 spiro atoms. The topological polar surface area (TPSA) is 113 Å². The van der Waals surface area contributed by atoms with Crippen LogP contribution in [-0.4, -0.2) is 47.4 Å². The lowest BCUT2D eigenvalue weighted by Gasteiger charge is -2.17. The summed E-state index contributed by atoms with van der Waals surface area (Å²) in [5.74, 6) is 1.53. The van der Waals surface area contributed by atoms with Gasteiger partial charge in [-0.25, -0.2) is 0 Å². The first kappa shape index (κ1) is 24.8. The average Bonchev–Trinajstić information content (AvgIpc) is 3.55. The van der Waals surface area contributed by atoms with Crippen LogP contribution in [0.2, 0.25) is 0 Å². The van der Waals surface area contributed by atoms with Crippen molar-refractivity contribution in [3.63, 3.8) is 0 Å². The van der Waals surface area contributed by atoms with Crippen LogP contribution in [0.15, 0.2) is 35.3 Å². The van der Waals surface area contributed by atoms with Crippen LogP contribution >= 0.6 is 0 Å². The van der Waals surface area contributed by atoms with Gasteiger partial charge >= 0.3 is 6.18 Å². The van der Waals surface area contributed by atoms with Gasteiger partial charge in [-0.3, -0.25) is 15.1 Å². The number of nitrogens with zero attached hydrogens (tertiary/aromatic N) is 4. The molecule has 0 aliphatic carbocycles. The van der Waals surface area contributed by atoms with E-state index in [9.17, 15) is 23.3 Å². The number of benzene rings is 2. The van der Waals surface area contributed by atoms with Gasteiger partial charge < -0.3 is 24.1 Å². The first-order valence-electron chi connectivity index (χ1n) is 11.7. The molecular formula is C24H24F3N5O5. The summed E-state index contributed by atoms with van der Waals surface area (Å²) in [6.07, 6.45) is -4.16. The maximum atomic E-state index is 13.4. The molecule has 1 fully saturated rings. The van der Waals surface area contributed by atoms with Crippen LogP contribution in [0.1, 0.15) is 30.5 Å². The summed E-state index contributed by atoms with van der Waals surface area (Å²) in [7, 11) is 1.54. The monoisotopic (exact) mass is 519 g/mol. The lowest BCUT2D eigenvalue weighted by atomic mass is 10.0. The van der Waals surface area contributed by atoms with E-state index >= 15 is 0 Å². The summed E-state index contributed by atoms with van der Waals surface area (Å²) in [6, 6.07) is 5.20. The minimum Gasteiger partial charge on any atom is -0.493 e. The lowest BCUT2D eigenvalue weighted by Crippen LogP contribution is -2.19. The van der Waals surface area contributed by atoms with Crippen LogP contribution in [0.4, 0.5) is 24.8 Å². The molecule has 1 N–H and O–H groups in total. The van der Waals surface area contributed by atoms with E-state index in [0.717, 1.165) is 24.1 Å². The first-order valence-corrected chi connectivity index (χ1v) is 11.7. The van der Waals surface area contributed by atoms with Crippen LogP contribution in [0, 0.1) is 10.1 Å². The number of nitro groups is 1. The number of ether oxygens (including phenoxy) is 3. The third-order valence-corrected chi connectivity index (χ3v) is 6.36. The quantitative estimate of drug-likeness (QED) is 0.383. The van der Waals surface area contributed by atoms with Crippen molar-refractivity contribution in [2.75, 3.05) is 32.2 Å². The van der Waals surface area contributed by atoms with E-state index < -0.39 is 28.4 Å². The Balaban J connectivity index is 1.66. The number of halogens is 3. The Bertz CT molecular complexity index is 1430. The average molecular weight is 519 g/mol. The number of hydrogen-bond acceptors (Lipinski definition) is 8. The molecule has 2 aliphatic rings. The number of alkyl halides is 3. The van der Waals surface area contributed by atoms with Crippen LogP contribution in [0.25, 0.3) is 10.9 Å². The zero-order valence-corrected chi connectivity index (χ0v) is 20.0. The third-order valence-electron chi connectivity index (χ3n) is 6.36. The number of anilines is 1. The standard InChI is InChI=1S/C24H24F3N5O5/c1-13(14-7-15(24(25,26)27)9-16(8-14)32(33)34)29-22-18-10-21(37-17-3-6-36-12-17)20(35-2)11-19(18)31-5-4-28-23(31)30-22/h7-11,13,17H,3-6,12H2,1-2H3,(H,28,29,30). The molecule has 37 heavy (non-hydrogen) atoms. The normalized spacial score (nSPS) is 18.5. The van der Waals surface area contributed by atoms with Crippen molar-refractivity contribution in [2.45, 2.75) is 38.2 Å². The molecular weight excluding hydrogens is 495 g/mol. The highest BCUT2D eigenvalue weighted by Crippen LogP contribution is 2.36. The molecule has 0 saturated carbocycles. The van der Waals surface area contributed by atoms with E-state index in [1.54, 1.807) is 13.0 Å². The van der Waals surface area contributed by atoms with E-state index in [1.807, 2.05) is 10.6 Å². The molecule has 2 aliphatic heterocycles. The van der Waals surface area contributed by atoms with Crippen molar-refractivity contribution < 1.29 is 32.3 Å². The summed E-state index contributed by atoms with van der Waals surface area (Å²) in [5.41, 5.74) is -0.705. The second-order valence-electron chi connectivity index (χ2n) is 8.83. The summed E-state index contributed by atoms with van der Waals surface area (Å²) in [5, 5.41) is 15.1. The second kappa shape index (κ2) is 9.54. The summed E-state index contributed by atoms with van der Waals surface area (Å²) in [6.45, 7) is 3.90. The fraction of sp³-hybridized carbons (Fsp3) is 0.417. The van der Waals surface area contributed by atoms with Crippen molar-refractivity contribution in [3.05, 3.63) is 57.1 Å². The highest BCUT2D eigenvalue weighted by Gasteiger charge is 2.33. The number of aromatic nitrogens is 2. The zero-order chi connectivity index (χ0) is 26.3. The molecule has 0 bridgehead atoms. The highest BCUT2D eigenvalue weighted by molar-refractivity contribution is 5.83. The van der Waals surface area contributed by atoms with Gasteiger partial charge in [-0.05, 0) is 24.6 Å². The van der Waals surface area contributed by atoms with Crippen LogP contribution in [0.3, 0.4) is 0 Å². The Morgan fingerprint density at radius 2 is 2.08 bits per heavy atom. The summed E-state index contributed by atoms with van der Waals surface area (Å²) >= 11 is 0. The van der Waals surface area contributed by atoms with Gasteiger partial charge in [-0.15, -0.1) is 0 Å². The fourth-order valence-electron chi connectivity index (χ4n) is 4.47. The van der Waals surface area contributed by atoms with Gasteiger partial charge in [0.05, 0.1) is 42.4 Å². The van der Waals surface area contributed by atoms with Crippen molar-refractivity contribution in [2.24, 2.45) is 4.99 Å². The van der Waals surface area contributed by atoms with Gasteiger partial charge in [-0.2, -0.15) is 18.2 Å². The number of hydrogen-bond donors (Lipinski definition) is 1. The van der Waals surface area contributed by atoms with Crippen LogP contribution < -0.4 is 20.3 Å². The fourth-order valence-corrected chi connectivity index (χ4v) is 4.47. The second-order valence-corrected chi connectivity index (χ2v) is 8.83. The molecule has 13 heteroatoms. The molecule has 3 heterocycles. The smallest absolute Gasteiger partial charge is 0.416 e. The SMILES string of the molecule is COc1cc2c(cc1OC1CCOC1)c(=NC(C)c1cc([N+](=O)[O-])cc(C(F)(F)F)c1)nc1n2CCN1. The molecule has 0 radical (unpaired) electrons. The molecule has 196 valence electrons. The van der Waals surface area contributed by atoms with E-state index in [0.29, 0.717) is 55.2 Å². The van der Waals surface area contributed by atoms with Crippen molar-refractivity contribution in [1.82, 2.24) is 9.55 Å². The van der Waals surface area contributed by atoms with Crippen molar-refractivity contribution in [3.8, 4) is 11.5 Å². The number of nitro benzene ring substituents is 1. The van der Waals surface area contributed by atoms with E-state index in [-0.39, 0.29) is 17.2 Å². The third kappa shape index (κ3) is 4.90. The molecule has 0 amide bonds. The lowest BCUT2D eigenvalue weighted by molar-refractivity contribution is -0.385. The molecule has 10 nitrogen and oxygen atoms in total. The Morgan fingerprint density at radius 3 is 2.76 bits per heavy atom. The summed E-state index contributed by atoms with van der Waals surface area (Å²) < 4.78 is 59.3. The molecule has 3 aromatic rings. The minimum atomic E-state index is -4.74. The number of nitrogens with one attached hydrogen (secondary N) is 1. The van der Waals surface area contributed by atoms with Gasteiger partial charge in [0.15, 0.2) is 17.0 Å². The van der Waals surface area contributed by atoms with Gasteiger partial charge in [0.2, 0.25) is 5.95 Å². The van der Waals surface area contributed by atoms with Gasteiger partial charge in [0.25, 0.3) is 5.69 Å². The zero-order valence-electron chi connectivity index (χ0n) is 20.0. The number of non-ortho nitro benzene ring substituents is 1. The van der Waals surface area contributed by atoms with Crippen LogP contribution in [0.5, 0.6) is 11.5 Å². The number of rotatable bonds is 6. The molecule has 1 saturated heterocycles. The van der Waals surface area contributed by atoms with Gasteiger partial charge in [-0.1, -0.05) is 0 Å². The molecule has 2 atom stereocenters. The summed E-state index contributed by atoms with van der Waals surface area (Å²) in [4.78, 5) is 19.7. The number of methoxy groups -OCH3 is 1. The molecule has 5 rings (SSSR count). The van der Waals surface area contributed by atoms with Crippen molar-refractivity contribution >= 4 is 22.5 Å². The van der Waals surface area contributed by atoms with Gasteiger partial charge in [0, 0.05) is 43.1 Å². The maximum Gasteiger partial charge on any atom is 0.416 e. The largest absolute Gasteiger partial charge is 0.493 e. The van der Waals surface area contributed by atoms with E-state index in [2.05, 4.69) is 15.3 Å². The van der Waals surface area contributed by atoms with Crippen molar-refractivity contribution in [1.29, 1.82) is 0 Å². The first-order chi connectivity index (χ1) is 17.6. The Hall–Kier alpha value is -3.87. The Kier molecular flexibility index (Phi) is 6.40. The Labute approximate surface area is 208 Å². The van der Waals surface area contributed by atoms with E-state index in [1.165, 1.54) is 7.11 Å². The predicted molar refractivity (Wildman–Crippen MR) is 127 cm³/mol. The minimum absolute atomic E-state index is 0.0469. The maximum absolute atomic E-state index is 13.4. The number of fused-ring (bicyclic) bond motifs is 3. The molecule has 2 unspecified atom stereocenters. The van der Waals surface area contributed by atoms with Crippen LogP contribution in [-0.2, 0) is 17.5 Å². The Morgan fingerprint density at radius 1 is 1.27 bits per heavy atom. The molecule has 1 aromatic heterocycles.